The van der Waals surface area contributed by atoms with Gasteiger partial charge in [0.05, 0.1) is 14.2 Å². The second-order valence-corrected chi connectivity index (χ2v) is 6.00. The van der Waals surface area contributed by atoms with Gasteiger partial charge in [-0.1, -0.05) is 24.3 Å². The molecule has 0 atom stereocenters. The molecule has 0 N–H and O–H groups in total. The van der Waals surface area contributed by atoms with Gasteiger partial charge in [-0.2, -0.15) is 0 Å². The van der Waals surface area contributed by atoms with Crippen molar-refractivity contribution in [3.63, 3.8) is 0 Å². The molecular weight excluding hydrogens is 348 g/mol. The highest BCUT2D eigenvalue weighted by atomic mass is 16.6. The van der Waals surface area contributed by atoms with Gasteiger partial charge in [0.2, 0.25) is 0 Å². The van der Waals surface area contributed by atoms with E-state index in [-0.39, 0.29) is 5.91 Å². The maximum absolute atomic E-state index is 13.0. The van der Waals surface area contributed by atoms with Crippen molar-refractivity contribution in [1.82, 2.24) is 9.80 Å². The second kappa shape index (κ2) is 8.44. The lowest BCUT2D eigenvalue weighted by atomic mass is 10.1. The van der Waals surface area contributed by atoms with Crippen LogP contribution >= 0.6 is 0 Å². The first-order valence-electron chi connectivity index (χ1n) is 8.66. The highest BCUT2D eigenvalue weighted by molar-refractivity contribution is 5.99. The van der Waals surface area contributed by atoms with Gasteiger partial charge in [-0.15, -0.1) is 0 Å². The Balaban J connectivity index is 1.64. The summed E-state index contributed by atoms with van der Waals surface area (Å²) in [6.07, 6.45) is -0.414. The second-order valence-electron chi connectivity index (χ2n) is 6.00. The predicted octanol–water partition coefficient (Wildman–Crippen LogP) is 2.66. The summed E-state index contributed by atoms with van der Waals surface area (Å²) in [4.78, 5) is 28.5. The summed E-state index contributed by atoms with van der Waals surface area (Å²) in [6, 6.07) is 14.1. The fraction of sp³-hybridized carbons (Fsp3) is 0.300. The first-order chi connectivity index (χ1) is 13.1. The van der Waals surface area contributed by atoms with Crippen molar-refractivity contribution in [2.24, 2.45) is 0 Å². The lowest BCUT2D eigenvalue weighted by Gasteiger charge is -2.34. The van der Waals surface area contributed by atoms with E-state index in [1.54, 1.807) is 52.3 Å². The van der Waals surface area contributed by atoms with E-state index in [2.05, 4.69) is 0 Å². The maximum atomic E-state index is 13.0. The number of methoxy groups -OCH3 is 2. The largest absolute Gasteiger partial charge is 0.496 e. The highest BCUT2D eigenvalue weighted by Crippen LogP contribution is 2.29. The number of nitrogens with zero attached hydrogens (tertiary/aromatic N) is 2. The van der Waals surface area contributed by atoms with Gasteiger partial charge in [0.25, 0.3) is 5.91 Å². The molecule has 0 radical (unpaired) electrons. The summed E-state index contributed by atoms with van der Waals surface area (Å²) in [7, 11) is 3.03. The van der Waals surface area contributed by atoms with Gasteiger partial charge in [0, 0.05) is 26.2 Å². The molecule has 0 saturated carbocycles. The van der Waals surface area contributed by atoms with E-state index in [4.69, 9.17) is 14.2 Å². The third-order valence-electron chi connectivity index (χ3n) is 4.42. The van der Waals surface area contributed by atoms with Gasteiger partial charge in [-0.25, -0.2) is 4.79 Å². The molecule has 1 aliphatic heterocycles. The minimum Gasteiger partial charge on any atom is -0.496 e. The molecule has 1 fully saturated rings. The molecule has 0 bridgehead atoms. The van der Waals surface area contributed by atoms with Crippen molar-refractivity contribution in [1.29, 1.82) is 0 Å². The Bertz CT molecular complexity index is 779. The fourth-order valence-corrected chi connectivity index (χ4v) is 2.97. The van der Waals surface area contributed by atoms with E-state index in [0.717, 1.165) is 0 Å². The van der Waals surface area contributed by atoms with Crippen LogP contribution in [-0.4, -0.2) is 62.2 Å². The molecule has 0 unspecified atom stereocenters. The summed E-state index contributed by atoms with van der Waals surface area (Å²) in [5, 5.41) is 0. The number of benzene rings is 2. The molecule has 2 aromatic rings. The molecule has 2 amide bonds. The first kappa shape index (κ1) is 18.6. The van der Waals surface area contributed by atoms with Crippen LogP contribution in [0.4, 0.5) is 4.79 Å². The van der Waals surface area contributed by atoms with Gasteiger partial charge in [-0.05, 0) is 24.3 Å². The SMILES string of the molecule is COc1cccc(OC)c1C(=O)N1CCN(C(=O)Oc2ccccc2)CC1. The van der Waals surface area contributed by atoms with E-state index in [9.17, 15) is 9.59 Å². The number of rotatable bonds is 4. The molecule has 27 heavy (non-hydrogen) atoms. The minimum absolute atomic E-state index is 0.180. The van der Waals surface area contributed by atoms with Crippen LogP contribution in [0.1, 0.15) is 10.4 Å². The summed E-state index contributed by atoms with van der Waals surface area (Å²) in [6.45, 7) is 1.61. The van der Waals surface area contributed by atoms with Gasteiger partial charge in [0.1, 0.15) is 22.8 Å². The molecule has 1 saturated heterocycles. The van der Waals surface area contributed by atoms with Crippen molar-refractivity contribution in [2.45, 2.75) is 0 Å². The molecule has 7 heteroatoms. The average Bonchev–Trinajstić information content (AvgIpc) is 2.73. The van der Waals surface area contributed by atoms with Crippen LogP contribution in [0.15, 0.2) is 48.5 Å². The molecule has 0 aliphatic carbocycles. The van der Waals surface area contributed by atoms with Gasteiger partial charge in [0.15, 0.2) is 0 Å². The third-order valence-corrected chi connectivity index (χ3v) is 4.42. The van der Waals surface area contributed by atoms with Crippen molar-refractivity contribution in [2.75, 3.05) is 40.4 Å². The smallest absolute Gasteiger partial charge is 0.415 e. The maximum Gasteiger partial charge on any atom is 0.415 e. The Morgan fingerprint density at radius 1 is 0.778 bits per heavy atom. The average molecular weight is 370 g/mol. The molecule has 1 heterocycles. The first-order valence-corrected chi connectivity index (χ1v) is 8.66. The van der Waals surface area contributed by atoms with Gasteiger partial charge in [-0.3, -0.25) is 4.79 Å². The number of carbonyl (C=O) groups excluding carboxylic acids is 2. The number of piperazine rings is 1. The summed E-state index contributed by atoms with van der Waals surface area (Å²) >= 11 is 0. The number of hydrogen-bond acceptors (Lipinski definition) is 5. The number of hydrogen-bond donors (Lipinski definition) is 0. The third kappa shape index (κ3) is 4.13. The van der Waals surface area contributed by atoms with Crippen LogP contribution in [0.2, 0.25) is 0 Å². The van der Waals surface area contributed by atoms with Crippen LogP contribution < -0.4 is 14.2 Å². The lowest BCUT2D eigenvalue weighted by Crippen LogP contribution is -2.51. The Morgan fingerprint density at radius 3 is 1.89 bits per heavy atom. The summed E-state index contributed by atoms with van der Waals surface area (Å²) in [5.74, 6) is 1.25. The number of carbonyl (C=O) groups is 2. The monoisotopic (exact) mass is 370 g/mol. The quantitative estimate of drug-likeness (QED) is 0.828. The number of para-hydroxylation sites is 1. The van der Waals surface area contributed by atoms with E-state index in [1.807, 2.05) is 6.07 Å². The molecule has 2 aromatic carbocycles. The molecule has 0 aromatic heterocycles. The number of amides is 2. The van der Waals surface area contributed by atoms with Crippen LogP contribution in [0.3, 0.4) is 0 Å². The van der Waals surface area contributed by atoms with E-state index >= 15 is 0 Å². The Morgan fingerprint density at radius 2 is 1.33 bits per heavy atom. The summed E-state index contributed by atoms with van der Waals surface area (Å²) < 4.78 is 16.0. The molecular formula is C20H22N2O5. The molecule has 1 aliphatic rings. The van der Waals surface area contributed by atoms with Crippen molar-refractivity contribution < 1.29 is 23.8 Å². The fourth-order valence-electron chi connectivity index (χ4n) is 2.97. The Kier molecular flexibility index (Phi) is 5.80. The van der Waals surface area contributed by atoms with Crippen LogP contribution in [-0.2, 0) is 0 Å². The molecule has 142 valence electrons. The zero-order chi connectivity index (χ0) is 19.2. The van der Waals surface area contributed by atoms with E-state index < -0.39 is 6.09 Å². The van der Waals surface area contributed by atoms with E-state index in [0.29, 0.717) is 49.0 Å². The van der Waals surface area contributed by atoms with Gasteiger partial charge < -0.3 is 24.0 Å². The normalized spacial score (nSPS) is 13.9. The van der Waals surface area contributed by atoms with Crippen molar-refractivity contribution in [3.05, 3.63) is 54.1 Å². The lowest BCUT2D eigenvalue weighted by molar-refractivity contribution is 0.0627. The predicted molar refractivity (Wildman–Crippen MR) is 99.5 cm³/mol. The van der Waals surface area contributed by atoms with Gasteiger partial charge >= 0.3 is 6.09 Å². The highest BCUT2D eigenvalue weighted by Gasteiger charge is 2.29. The zero-order valence-corrected chi connectivity index (χ0v) is 15.4. The van der Waals surface area contributed by atoms with Crippen molar-refractivity contribution >= 4 is 12.0 Å². The molecule has 0 spiro atoms. The minimum atomic E-state index is -0.414. The standard InChI is InChI=1S/C20H22N2O5/c1-25-16-9-6-10-17(26-2)18(16)19(23)21-11-13-22(14-12-21)20(24)27-15-7-4-3-5-8-15/h3-10H,11-14H2,1-2H3. The zero-order valence-electron chi connectivity index (χ0n) is 15.4. The Labute approximate surface area is 158 Å². The Hall–Kier alpha value is -3.22. The summed E-state index contributed by atoms with van der Waals surface area (Å²) in [5.41, 5.74) is 0.391. The molecule has 3 rings (SSSR count). The van der Waals surface area contributed by atoms with Crippen LogP contribution in [0.25, 0.3) is 0 Å². The van der Waals surface area contributed by atoms with Crippen molar-refractivity contribution in [3.8, 4) is 17.2 Å². The topological polar surface area (TPSA) is 68.3 Å². The number of ether oxygens (including phenoxy) is 3. The molecule has 7 nitrogen and oxygen atoms in total. The van der Waals surface area contributed by atoms with E-state index in [1.165, 1.54) is 14.2 Å². The van der Waals surface area contributed by atoms with Crippen LogP contribution in [0.5, 0.6) is 17.2 Å². The van der Waals surface area contributed by atoms with Crippen LogP contribution in [0, 0.1) is 0 Å².